The van der Waals surface area contributed by atoms with Gasteiger partial charge >= 0.3 is 0 Å². The van der Waals surface area contributed by atoms with E-state index in [0.717, 1.165) is 6.42 Å². The van der Waals surface area contributed by atoms with Crippen LogP contribution >= 0.6 is 0 Å². The molecule has 0 spiro atoms. The van der Waals surface area contributed by atoms with Crippen molar-refractivity contribution in [3.8, 4) is 0 Å². The summed E-state index contributed by atoms with van der Waals surface area (Å²) < 4.78 is 4.89. The van der Waals surface area contributed by atoms with E-state index < -0.39 is 6.10 Å². The van der Waals surface area contributed by atoms with E-state index in [1.165, 1.54) is 6.26 Å². The average Bonchev–Trinajstić information content (AvgIpc) is 2.10. The minimum absolute atomic E-state index is 0.132. The zero-order chi connectivity index (χ0) is 9.23. The summed E-state index contributed by atoms with van der Waals surface area (Å²) >= 11 is 0. The lowest BCUT2D eigenvalue weighted by molar-refractivity contribution is 0.0384. The molecule has 0 heterocycles. The maximum absolute atomic E-state index is 8.83. The summed E-state index contributed by atoms with van der Waals surface area (Å²) in [5.74, 6) is 0. The third kappa shape index (κ3) is 7.31. The third-order valence-corrected chi connectivity index (χ3v) is 1.16. The number of aliphatic hydroxyl groups excluding tert-OH is 2. The summed E-state index contributed by atoms with van der Waals surface area (Å²) in [6, 6.07) is 0. The molecular weight excluding hydrogens is 156 g/mol. The Morgan fingerprint density at radius 1 is 1.42 bits per heavy atom. The number of hydrogen-bond acceptors (Lipinski definition) is 3. The van der Waals surface area contributed by atoms with Gasteiger partial charge in [-0.15, -0.1) is 0 Å². The van der Waals surface area contributed by atoms with Crippen LogP contribution in [0.4, 0.5) is 0 Å². The lowest BCUT2D eigenvalue weighted by Gasteiger charge is -2.04. The smallest absolute Gasteiger partial charge is 0.115 e. The Morgan fingerprint density at radius 3 is 2.75 bits per heavy atom. The van der Waals surface area contributed by atoms with Crippen LogP contribution in [0.3, 0.4) is 0 Å². The fourth-order valence-electron chi connectivity index (χ4n) is 0.535. The molecule has 0 aliphatic carbocycles. The molecule has 3 nitrogen and oxygen atoms in total. The summed E-state index contributed by atoms with van der Waals surface area (Å²) in [6.07, 6.45) is 7.29. The van der Waals surface area contributed by atoms with Crippen LogP contribution in [0.1, 0.15) is 13.3 Å². The summed E-state index contributed by atoms with van der Waals surface area (Å²) in [5, 5.41) is 17.2. The van der Waals surface area contributed by atoms with Gasteiger partial charge in [-0.25, -0.2) is 0 Å². The van der Waals surface area contributed by atoms with Crippen molar-refractivity contribution in [3.05, 3.63) is 24.5 Å². The first kappa shape index (κ1) is 11.2. The SMILES string of the molecule is CC/C=C/C=C/OCC(O)CO. The van der Waals surface area contributed by atoms with E-state index in [2.05, 4.69) is 0 Å². The van der Waals surface area contributed by atoms with Crippen LogP contribution in [-0.4, -0.2) is 29.5 Å². The number of rotatable bonds is 6. The van der Waals surface area contributed by atoms with Gasteiger partial charge in [0.2, 0.25) is 0 Å². The Balaban J connectivity index is 3.29. The summed E-state index contributed by atoms with van der Waals surface area (Å²) in [6.45, 7) is 1.91. The standard InChI is InChI=1S/C9H16O3/c1-2-3-4-5-6-12-8-9(11)7-10/h3-6,9-11H,2,7-8H2,1H3/b4-3+,6-5+. The van der Waals surface area contributed by atoms with Crippen molar-refractivity contribution in [1.29, 1.82) is 0 Å². The largest absolute Gasteiger partial charge is 0.498 e. The van der Waals surface area contributed by atoms with Crippen molar-refractivity contribution < 1.29 is 14.9 Å². The summed E-state index contributed by atoms with van der Waals surface area (Å²) in [5.41, 5.74) is 0. The predicted molar refractivity (Wildman–Crippen MR) is 47.6 cm³/mol. The van der Waals surface area contributed by atoms with Gasteiger partial charge in [0, 0.05) is 0 Å². The Kier molecular flexibility index (Phi) is 7.74. The molecule has 0 radical (unpaired) electrons. The molecule has 0 aliphatic rings. The molecule has 0 aromatic heterocycles. The zero-order valence-corrected chi connectivity index (χ0v) is 7.31. The number of hydrogen-bond donors (Lipinski definition) is 2. The fraction of sp³-hybridized carbons (Fsp3) is 0.556. The van der Waals surface area contributed by atoms with Gasteiger partial charge in [-0.3, -0.25) is 0 Å². The molecule has 0 rings (SSSR count). The molecule has 0 aromatic rings. The monoisotopic (exact) mass is 172 g/mol. The third-order valence-electron chi connectivity index (χ3n) is 1.16. The topological polar surface area (TPSA) is 49.7 Å². The van der Waals surface area contributed by atoms with Crippen molar-refractivity contribution in [2.45, 2.75) is 19.4 Å². The van der Waals surface area contributed by atoms with E-state index in [4.69, 9.17) is 14.9 Å². The lowest BCUT2D eigenvalue weighted by atomic mass is 10.4. The molecule has 0 bridgehead atoms. The van der Waals surface area contributed by atoms with Gasteiger partial charge in [0.1, 0.15) is 12.7 Å². The molecule has 70 valence electrons. The highest BCUT2D eigenvalue weighted by molar-refractivity contribution is 4.99. The second kappa shape index (κ2) is 8.30. The second-order valence-corrected chi connectivity index (χ2v) is 2.33. The van der Waals surface area contributed by atoms with E-state index in [1.54, 1.807) is 6.08 Å². The molecule has 0 saturated carbocycles. The quantitative estimate of drug-likeness (QED) is 0.461. The van der Waals surface area contributed by atoms with Crippen LogP contribution in [0.15, 0.2) is 24.5 Å². The van der Waals surface area contributed by atoms with Gasteiger partial charge < -0.3 is 14.9 Å². The summed E-state index contributed by atoms with van der Waals surface area (Å²) in [4.78, 5) is 0. The molecule has 0 saturated heterocycles. The highest BCUT2D eigenvalue weighted by Crippen LogP contribution is 1.86. The maximum atomic E-state index is 8.83. The van der Waals surface area contributed by atoms with Gasteiger partial charge in [-0.2, -0.15) is 0 Å². The number of aliphatic hydroxyl groups is 2. The van der Waals surface area contributed by atoms with Crippen LogP contribution in [0, 0.1) is 0 Å². The van der Waals surface area contributed by atoms with Crippen molar-refractivity contribution >= 4 is 0 Å². The highest BCUT2D eigenvalue weighted by Gasteiger charge is 1.98. The predicted octanol–water partition coefficient (Wildman–Crippen LogP) is 0.836. The van der Waals surface area contributed by atoms with Crippen LogP contribution in [0.2, 0.25) is 0 Å². The van der Waals surface area contributed by atoms with Gasteiger partial charge in [-0.05, 0) is 12.5 Å². The molecule has 0 aromatic carbocycles. The first-order valence-electron chi connectivity index (χ1n) is 4.03. The molecule has 0 amide bonds. The fourth-order valence-corrected chi connectivity index (χ4v) is 0.535. The van der Waals surface area contributed by atoms with Crippen LogP contribution < -0.4 is 0 Å². The molecule has 0 aliphatic heterocycles. The van der Waals surface area contributed by atoms with Gasteiger partial charge in [0.05, 0.1) is 12.9 Å². The molecule has 2 N–H and O–H groups in total. The van der Waals surface area contributed by atoms with Crippen molar-refractivity contribution in [2.75, 3.05) is 13.2 Å². The van der Waals surface area contributed by atoms with E-state index in [1.807, 2.05) is 19.1 Å². The van der Waals surface area contributed by atoms with E-state index in [0.29, 0.717) is 0 Å². The number of ether oxygens (including phenoxy) is 1. The van der Waals surface area contributed by atoms with Gasteiger partial charge in [0.15, 0.2) is 0 Å². The molecule has 1 atom stereocenters. The van der Waals surface area contributed by atoms with Crippen molar-refractivity contribution in [3.63, 3.8) is 0 Å². The minimum atomic E-state index is -0.787. The molecule has 0 fully saturated rings. The van der Waals surface area contributed by atoms with Gasteiger partial charge in [0.25, 0.3) is 0 Å². The number of allylic oxidation sites excluding steroid dienone is 3. The molecule has 1 unspecified atom stereocenters. The van der Waals surface area contributed by atoms with E-state index >= 15 is 0 Å². The van der Waals surface area contributed by atoms with Crippen LogP contribution in [0.25, 0.3) is 0 Å². The Bertz CT molecular complexity index is 141. The lowest BCUT2D eigenvalue weighted by Crippen LogP contribution is -2.17. The normalized spacial score (nSPS) is 14.2. The van der Waals surface area contributed by atoms with Crippen molar-refractivity contribution in [2.24, 2.45) is 0 Å². The molecular formula is C9H16O3. The first-order chi connectivity index (χ1) is 5.81. The van der Waals surface area contributed by atoms with Crippen LogP contribution in [0.5, 0.6) is 0 Å². The second-order valence-electron chi connectivity index (χ2n) is 2.33. The maximum Gasteiger partial charge on any atom is 0.115 e. The van der Waals surface area contributed by atoms with Crippen LogP contribution in [-0.2, 0) is 4.74 Å². The van der Waals surface area contributed by atoms with E-state index in [-0.39, 0.29) is 13.2 Å². The highest BCUT2D eigenvalue weighted by atomic mass is 16.5. The summed E-state index contributed by atoms with van der Waals surface area (Å²) in [7, 11) is 0. The Labute approximate surface area is 73.0 Å². The first-order valence-corrected chi connectivity index (χ1v) is 4.03. The van der Waals surface area contributed by atoms with E-state index in [9.17, 15) is 0 Å². The Hall–Kier alpha value is -0.800. The van der Waals surface area contributed by atoms with Crippen molar-refractivity contribution in [1.82, 2.24) is 0 Å². The minimum Gasteiger partial charge on any atom is -0.498 e. The Morgan fingerprint density at radius 2 is 2.17 bits per heavy atom. The van der Waals surface area contributed by atoms with Gasteiger partial charge in [-0.1, -0.05) is 19.1 Å². The zero-order valence-electron chi connectivity index (χ0n) is 7.31. The molecule has 12 heavy (non-hydrogen) atoms. The average molecular weight is 172 g/mol. The molecule has 3 heteroatoms.